The first-order chi connectivity index (χ1) is 12.4. The lowest BCUT2D eigenvalue weighted by Crippen LogP contribution is -2.38. The maximum Gasteiger partial charge on any atom is 0.315 e. The Bertz CT molecular complexity index is 771. The molecule has 4 N–H and O–H groups in total. The smallest absolute Gasteiger partial charge is 0.315 e. The highest BCUT2D eigenvalue weighted by molar-refractivity contribution is 5.72. The quantitative estimate of drug-likeness (QED) is 0.751. The van der Waals surface area contributed by atoms with Crippen LogP contribution in [0, 0.1) is 11.6 Å². The third-order valence-corrected chi connectivity index (χ3v) is 3.71. The number of carbonyl (C=O) groups excluding carboxylic acids is 1. The minimum atomic E-state index is -0.681. The molecule has 0 unspecified atom stereocenters. The second kappa shape index (κ2) is 9.00. The van der Waals surface area contributed by atoms with Crippen LogP contribution in [0.4, 0.5) is 13.6 Å². The number of methoxy groups -OCH3 is 1. The number of ether oxygens (including phenoxy) is 2. The summed E-state index contributed by atoms with van der Waals surface area (Å²) in [5.41, 5.74) is 11.8. The first-order valence-corrected chi connectivity index (χ1v) is 7.92. The zero-order chi connectivity index (χ0) is 19.1. The highest BCUT2D eigenvalue weighted by Gasteiger charge is 2.13. The Balaban J connectivity index is 2.11. The Hall–Kier alpha value is -2.87. The average molecular weight is 365 g/mol. The number of hydrogen-bond donors (Lipinski definition) is 2. The van der Waals surface area contributed by atoms with E-state index in [9.17, 15) is 13.6 Å². The number of amides is 2. The Morgan fingerprint density at radius 3 is 2.54 bits per heavy atom. The van der Waals surface area contributed by atoms with Gasteiger partial charge in [0.1, 0.15) is 18.2 Å². The van der Waals surface area contributed by atoms with E-state index in [0.29, 0.717) is 24.6 Å². The fourth-order valence-corrected chi connectivity index (χ4v) is 2.37. The topological polar surface area (TPSA) is 90.8 Å². The van der Waals surface area contributed by atoms with Crippen LogP contribution >= 0.6 is 0 Å². The van der Waals surface area contributed by atoms with Gasteiger partial charge in [-0.05, 0) is 29.8 Å². The van der Waals surface area contributed by atoms with Gasteiger partial charge >= 0.3 is 6.03 Å². The van der Waals surface area contributed by atoms with E-state index in [4.69, 9.17) is 20.9 Å². The van der Waals surface area contributed by atoms with Gasteiger partial charge in [-0.1, -0.05) is 6.07 Å². The van der Waals surface area contributed by atoms with Gasteiger partial charge in [-0.3, -0.25) is 0 Å². The number of rotatable bonds is 8. The predicted molar refractivity (Wildman–Crippen MR) is 92.7 cm³/mol. The van der Waals surface area contributed by atoms with Crippen molar-refractivity contribution in [3.63, 3.8) is 0 Å². The monoisotopic (exact) mass is 365 g/mol. The molecule has 0 bridgehead atoms. The minimum Gasteiger partial charge on any atom is -0.493 e. The number of benzene rings is 2. The number of nitrogens with two attached hydrogens (primary N) is 2. The molecule has 2 aromatic rings. The van der Waals surface area contributed by atoms with Gasteiger partial charge in [-0.25, -0.2) is 13.6 Å². The Morgan fingerprint density at radius 1 is 1.15 bits per heavy atom. The number of hydrogen-bond acceptors (Lipinski definition) is 4. The molecule has 0 radical (unpaired) electrons. The van der Waals surface area contributed by atoms with Gasteiger partial charge in [0, 0.05) is 31.3 Å². The zero-order valence-corrected chi connectivity index (χ0v) is 14.4. The van der Waals surface area contributed by atoms with Crippen molar-refractivity contribution in [1.82, 2.24) is 4.90 Å². The van der Waals surface area contributed by atoms with Crippen LogP contribution in [-0.4, -0.2) is 31.1 Å². The number of nitrogens with zero attached hydrogens (tertiary/aromatic N) is 1. The highest BCUT2D eigenvalue weighted by atomic mass is 19.1. The van der Waals surface area contributed by atoms with Crippen LogP contribution in [0.15, 0.2) is 36.4 Å². The van der Waals surface area contributed by atoms with E-state index in [1.54, 1.807) is 18.2 Å². The summed E-state index contributed by atoms with van der Waals surface area (Å²) in [7, 11) is 1.47. The van der Waals surface area contributed by atoms with Crippen molar-refractivity contribution in [2.75, 3.05) is 20.2 Å². The van der Waals surface area contributed by atoms with Crippen molar-refractivity contribution < 1.29 is 23.0 Å². The lowest BCUT2D eigenvalue weighted by molar-refractivity contribution is 0.206. The maximum atomic E-state index is 13.7. The Morgan fingerprint density at radius 2 is 1.92 bits per heavy atom. The molecular formula is C18H21F2N3O3. The summed E-state index contributed by atoms with van der Waals surface area (Å²) >= 11 is 0. The maximum absolute atomic E-state index is 13.7. The molecule has 0 aliphatic heterocycles. The normalized spacial score (nSPS) is 10.5. The van der Waals surface area contributed by atoms with E-state index in [1.807, 2.05) is 0 Å². The molecule has 0 aliphatic carbocycles. The van der Waals surface area contributed by atoms with E-state index in [2.05, 4.69) is 0 Å². The van der Waals surface area contributed by atoms with Crippen molar-refractivity contribution >= 4 is 6.03 Å². The standard InChI is InChI=1S/C18H21F2N3O3/c1-25-17-8-12(10-23(7-6-21)18(22)24)2-5-16(17)26-11-13-3-4-14(19)9-15(13)20/h2-5,8-9H,6-7,10-11,21H2,1H3,(H2,22,24). The molecule has 0 atom stereocenters. The Kier molecular flexibility index (Phi) is 6.74. The molecule has 6 nitrogen and oxygen atoms in total. The van der Waals surface area contributed by atoms with Crippen molar-refractivity contribution in [3.05, 3.63) is 59.2 Å². The molecule has 8 heteroatoms. The average Bonchev–Trinajstić information content (AvgIpc) is 2.61. The van der Waals surface area contributed by atoms with E-state index < -0.39 is 17.7 Å². The van der Waals surface area contributed by atoms with Gasteiger partial charge < -0.3 is 25.8 Å². The highest BCUT2D eigenvalue weighted by Crippen LogP contribution is 2.29. The summed E-state index contributed by atoms with van der Waals surface area (Å²) in [5, 5.41) is 0. The van der Waals surface area contributed by atoms with Crippen molar-refractivity contribution in [2.45, 2.75) is 13.2 Å². The third-order valence-electron chi connectivity index (χ3n) is 3.71. The van der Waals surface area contributed by atoms with Gasteiger partial charge in [0.15, 0.2) is 11.5 Å². The summed E-state index contributed by atoms with van der Waals surface area (Å²) in [5.74, 6) is -0.518. The lowest BCUT2D eigenvalue weighted by Gasteiger charge is -2.20. The van der Waals surface area contributed by atoms with E-state index in [0.717, 1.165) is 17.7 Å². The molecule has 0 fully saturated rings. The first kappa shape index (κ1) is 19.5. The number of urea groups is 1. The lowest BCUT2D eigenvalue weighted by atomic mass is 10.2. The van der Waals surface area contributed by atoms with E-state index >= 15 is 0 Å². The Labute approximate surface area is 150 Å². The van der Waals surface area contributed by atoms with E-state index in [-0.39, 0.29) is 18.7 Å². The van der Waals surface area contributed by atoms with Gasteiger partial charge in [-0.2, -0.15) is 0 Å². The second-order valence-electron chi connectivity index (χ2n) is 5.56. The van der Waals surface area contributed by atoms with Gasteiger partial charge in [-0.15, -0.1) is 0 Å². The number of primary amides is 1. The fourth-order valence-electron chi connectivity index (χ4n) is 2.37. The van der Waals surface area contributed by atoms with Crippen LogP contribution in [0.3, 0.4) is 0 Å². The SMILES string of the molecule is COc1cc(CN(CCN)C(N)=O)ccc1OCc1ccc(F)cc1F. The molecule has 0 aromatic heterocycles. The second-order valence-corrected chi connectivity index (χ2v) is 5.56. The molecule has 2 amide bonds. The predicted octanol–water partition coefficient (Wildman–Crippen LogP) is 2.39. The summed E-state index contributed by atoms with van der Waals surface area (Å²) < 4.78 is 37.5. The number of halogens is 2. The van der Waals surface area contributed by atoms with Crippen LogP contribution in [0.25, 0.3) is 0 Å². The summed E-state index contributed by atoms with van der Waals surface area (Å²) in [6, 6.07) is 7.81. The molecule has 2 rings (SSSR count). The van der Waals surface area contributed by atoms with Crippen LogP contribution in [0.5, 0.6) is 11.5 Å². The molecular weight excluding hydrogens is 344 g/mol. The molecule has 26 heavy (non-hydrogen) atoms. The number of carbonyl (C=O) groups is 1. The van der Waals surface area contributed by atoms with Crippen molar-refractivity contribution in [2.24, 2.45) is 11.5 Å². The van der Waals surface area contributed by atoms with Crippen LogP contribution < -0.4 is 20.9 Å². The molecule has 140 valence electrons. The minimum absolute atomic E-state index is 0.0809. The van der Waals surface area contributed by atoms with Crippen LogP contribution in [0.2, 0.25) is 0 Å². The van der Waals surface area contributed by atoms with Gasteiger partial charge in [0.2, 0.25) is 0 Å². The zero-order valence-electron chi connectivity index (χ0n) is 14.4. The molecule has 2 aromatic carbocycles. The van der Waals surface area contributed by atoms with Crippen LogP contribution in [-0.2, 0) is 13.2 Å². The summed E-state index contributed by atoms with van der Waals surface area (Å²) in [4.78, 5) is 12.8. The van der Waals surface area contributed by atoms with Crippen LogP contribution in [0.1, 0.15) is 11.1 Å². The first-order valence-electron chi connectivity index (χ1n) is 7.92. The van der Waals surface area contributed by atoms with Gasteiger partial charge in [0.25, 0.3) is 0 Å². The van der Waals surface area contributed by atoms with Crippen molar-refractivity contribution in [1.29, 1.82) is 0 Å². The summed E-state index contributed by atoms with van der Waals surface area (Å²) in [6.07, 6.45) is 0. The third kappa shape index (κ3) is 5.06. The molecule has 0 saturated carbocycles. The molecule has 0 aliphatic rings. The summed E-state index contributed by atoms with van der Waals surface area (Å²) in [6.45, 7) is 0.822. The largest absolute Gasteiger partial charge is 0.493 e. The molecule has 0 saturated heterocycles. The molecule has 0 heterocycles. The van der Waals surface area contributed by atoms with Gasteiger partial charge in [0.05, 0.1) is 7.11 Å². The fraction of sp³-hybridized carbons (Fsp3) is 0.278. The molecule has 0 spiro atoms. The van der Waals surface area contributed by atoms with Crippen molar-refractivity contribution in [3.8, 4) is 11.5 Å². The van der Waals surface area contributed by atoms with E-state index in [1.165, 1.54) is 18.1 Å².